The molecule has 1 aromatic rings. The van der Waals surface area contributed by atoms with Gasteiger partial charge in [0.25, 0.3) is 0 Å². The van der Waals surface area contributed by atoms with Crippen LogP contribution in [0.1, 0.15) is 5.56 Å². The molecule has 16 heavy (non-hydrogen) atoms. The van der Waals surface area contributed by atoms with E-state index in [0.29, 0.717) is 23.9 Å². The summed E-state index contributed by atoms with van der Waals surface area (Å²) in [6, 6.07) is 5.31. The monoisotopic (exact) mass is 242 g/mol. The number of benzene rings is 1. The summed E-state index contributed by atoms with van der Waals surface area (Å²) in [5, 5.41) is 6.09. The summed E-state index contributed by atoms with van der Waals surface area (Å²) in [7, 11) is 1.79. The van der Waals surface area contributed by atoms with E-state index in [1.807, 2.05) is 13.0 Å². The predicted octanol–water partition coefficient (Wildman–Crippen LogP) is 2.42. The first-order valence-electron chi connectivity index (χ1n) is 4.98. The fourth-order valence-corrected chi connectivity index (χ4v) is 1.25. The number of carbonyl (C=O) groups is 1. The average Bonchev–Trinajstić information content (AvgIpc) is 2.24. The van der Waals surface area contributed by atoms with E-state index in [2.05, 4.69) is 10.6 Å². The molecule has 0 radical (unpaired) electrons. The number of likely N-dealkylation sites (N-methyl/N-ethyl adjacent to an activating group) is 1. The molecular formula is C11H15ClN2O2. The van der Waals surface area contributed by atoms with Crippen LogP contribution >= 0.6 is 11.6 Å². The molecule has 0 aliphatic heterocycles. The molecular weight excluding hydrogens is 228 g/mol. The minimum Gasteiger partial charge on any atom is -0.448 e. The lowest BCUT2D eigenvalue weighted by atomic mass is 10.2. The Morgan fingerprint density at radius 2 is 2.25 bits per heavy atom. The second kappa shape index (κ2) is 6.35. The lowest BCUT2D eigenvalue weighted by molar-refractivity contribution is 0.163. The number of halogens is 1. The van der Waals surface area contributed by atoms with Crippen LogP contribution in [0.3, 0.4) is 0 Å². The summed E-state index contributed by atoms with van der Waals surface area (Å²) >= 11 is 5.92. The van der Waals surface area contributed by atoms with Gasteiger partial charge in [0, 0.05) is 17.3 Å². The number of aryl methyl sites for hydroxylation is 1. The van der Waals surface area contributed by atoms with Crippen molar-refractivity contribution in [1.82, 2.24) is 5.32 Å². The summed E-state index contributed by atoms with van der Waals surface area (Å²) in [6.07, 6.45) is -0.477. The zero-order valence-electron chi connectivity index (χ0n) is 9.34. The van der Waals surface area contributed by atoms with E-state index in [1.54, 1.807) is 19.2 Å². The van der Waals surface area contributed by atoms with E-state index in [0.717, 1.165) is 5.56 Å². The number of anilines is 1. The summed E-state index contributed by atoms with van der Waals surface area (Å²) < 4.78 is 4.90. The Morgan fingerprint density at radius 1 is 1.50 bits per heavy atom. The van der Waals surface area contributed by atoms with Gasteiger partial charge in [-0.05, 0) is 31.7 Å². The maximum atomic E-state index is 11.3. The molecule has 1 amide bonds. The van der Waals surface area contributed by atoms with Gasteiger partial charge in [-0.25, -0.2) is 4.79 Å². The highest BCUT2D eigenvalue weighted by molar-refractivity contribution is 6.31. The van der Waals surface area contributed by atoms with Gasteiger partial charge in [-0.3, -0.25) is 5.32 Å². The van der Waals surface area contributed by atoms with Crippen LogP contribution in [0.25, 0.3) is 0 Å². The van der Waals surface area contributed by atoms with Crippen molar-refractivity contribution in [3.63, 3.8) is 0 Å². The van der Waals surface area contributed by atoms with Gasteiger partial charge in [0.05, 0.1) is 0 Å². The Labute approximate surface area is 99.9 Å². The molecule has 0 saturated carbocycles. The van der Waals surface area contributed by atoms with Crippen LogP contribution in [0.5, 0.6) is 0 Å². The van der Waals surface area contributed by atoms with Gasteiger partial charge in [0.1, 0.15) is 6.61 Å². The molecule has 0 saturated heterocycles. The van der Waals surface area contributed by atoms with Gasteiger partial charge >= 0.3 is 6.09 Å². The molecule has 5 heteroatoms. The van der Waals surface area contributed by atoms with Crippen molar-refractivity contribution in [2.45, 2.75) is 6.92 Å². The maximum Gasteiger partial charge on any atom is 0.411 e. The molecule has 4 nitrogen and oxygen atoms in total. The van der Waals surface area contributed by atoms with Crippen LogP contribution in [0.2, 0.25) is 5.02 Å². The molecule has 0 spiro atoms. The minimum absolute atomic E-state index is 0.335. The van der Waals surface area contributed by atoms with Crippen molar-refractivity contribution >= 4 is 23.4 Å². The molecule has 0 unspecified atom stereocenters. The minimum atomic E-state index is -0.477. The molecule has 2 N–H and O–H groups in total. The smallest absolute Gasteiger partial charge is 0.411 e. The van der Waals surface area contributed by atoms with Crippen LogP contribution in [0.4, 0.5) is 10.5 Å². The number of amides is 1. The summed E-state index contributed by atoms with van der Waals surface area (Å²) in [5.74, 6) is 0. The third kappa shape index (κ3) is 4.08. The van der Waals surface area contributed by atoms with E-state index < -0.39 is 6.09 Å². The van der Waals surface area contributed by atoms with Crippen LogP contribution in [0.15, 0.2) is 18.2 Å². The fourth-order valence-electron chi connectivity index (χ4n) is 1.07. The molecule has 88 valence electrons. The predicted molar refractivity (Wildman–Crippen MR) is 65.1 cm³/mol. The van der Waals surface area contributed by atoms with Gasteiger partial charge in [0.2, 0.25) is 0 Å². The summed E-state index contributed by atoms with van der Waals surface area (Å²) in [5.41, 5.74) is 1.60. The molecule has 0 atom stereocenters. The third-order valence-electron chi connectivity index (χ3n) is 2.00. The number of carbonyl (C=O) groups excluding carboxylic acids is 1. The van der Waals surface area contributed by atoms with Crippen LogP contribution < -0.4 is 10.6 Å². The Bertz CT molecular complexity index is 369. The van der Waals surface area contributed by atoms with Crippen molar-refractivity contribution in [2.75, 3.05) is 25.5 Å². The molecule has 0 bridgehead atoms. The van der Waals surface area contributed by atoms with E-state index >= 15 is 0 Å². The zero-order valence-corrected chi connectivity index (χ0v) is 10.1. The lowest BCUT2D eigenvalue weighted by Crippen LogP contribution is -2.20. The second-order valence-corrected chi connectivity index (χ2v) is 3.74. The topological polar surface area (TPSA) is 50.4 Å². The van der Waals surface area contributed by atoms with Crippen molar-refractivity contribution in [3.05, 3.63) is 28.8 Å². The molecule has 1 aromatic carbocycles. The van der Waals surface area contributed by atoms with Gasteiger partial charge in [0.15, 0.2) is 0 Å². The highest BCUT2D eigenvalue weighted by Gasteiger charge is 2.03. The van der Waals surface area contributed by atoms with Gasteiger partial charge in [-0.15, -0.1) is 0 Å². The van der Waals surface area contributed by atoms with Gasteiger partial charge in [-0.1, -0.05) is 17.7 Å². The molecule has 0 aliphatic rings. The maximum absolute atomic E-state index is 11.3. The standard InChI is InChI=1S/C11H15ClN2O2/c1-8-3-4-9(7-10(8)12)14-11(15)16-6-5-13-2/h3-4,7,13H,5-6H2,1-2H3,(H,14,15). The van der Waals surface area contributed by atoms with Gasteiger partial charge < -0.3 is 10.1 Å². The fraction of sp³-hybridized carbons (Fsp3) is 0.364. The van der Waals surface area contributed by atoms with E-state index in [1.165, 1.54) is 0 Å². The Morgan fingerprint density at radius 3 is 2.88 bits per heavy atom. The normalized spacial score (nSPS) is 9.94. The number of ether oxygens (including phenoxy) is 1. The quantitative estimate of drug-likeness (QED) is 0.798. The van der Waals surface area contributed by atoms with Crippen LogP contribution in [-0.4, -0.2) is 26.3 Å². The van der Waals surface area contributed by atoms with E-state index in [9.17, 15) is 4.79 Å². The Balaban J connectivity index is 2.46. The van der Waals surface area contributed by atoms with Crippen molar-refractivity contribution < 1.29 is 9.53 Å². The van der Waals surface area contributed by atoms with Crippen molar-refractivity contribution in [3.8, 4) is 0 Å². The molecule has 0 aromatic heterocycles. The van der Waals surface area contributed by atoms with Crippen molar-refractivity contribution in [1.29, 1.82) is 0 Å². The van der Waals surface area contributed by atoms with E-state index in [4.69, 9.17) is 16.3 Å². The molecule has 0 fully saturated rings. The Kier molecular flexibility index (Phi) is 5.08. The summed E-state index contributed by atoms with van der Waals surface area (Å²) in [6.45, 7) is 2.86. The first kappa shape index (κ1) is 12.8. The first-order valence-corrected chi connectivity index (χ1v) is 5.36. The number of nitrogens with one attached hydrogen (secondary N) is 2. The van der Waals surface area contributed by atoms with Crippen LogP contribution in [0, 0.1) is 6.92 Å². The SMILES string of the molecule is CNCCOC(=O)Nc1ccc(C)c(Cl)c1. The second-order valence-electron chi connectivity index (χ2n) is 3.33. The number of rotatable bonds is 4. The van der Waals surface area contributed by atoms with Crippen LogP contribution in [-0.2, 0) is 4.74 Å². The third-order valence-corrected chi connectivity index (χ3v) is 2.41. The lowest BCUT2D eigenvalue weighted by Gasteiger charge is -2.07. The highest BCUT2D eigenvalue weighted by atomic mass is 35.5. The van der Waals surface area contributed by atoms with E-state index in [-0.39, 0.29) is 0 Å². The summed E-state index contributed by atoms with van der Waals surface area (Å²) in [4.78, 5) is 11.3. The average molecular weight is 243 g/mol. The Hall–Kier alpha value is -1.26. The van der Waals surface area contributed by atoms with Crippen molar-refractivity contribution in [2.24, 2.45) is 0 Å². The molecule has 0 aliphatic carbocycles. The molecule has 0 heterocycles. The largest absolute Gasteiger partial charge is 0.448 e. The zero-order chi connectivity index (χ0) is 12.0. The molecule has 1 rings (SSSR count). The van der Waals surface area contributed by atoms with Gasteiger partial charge in [-0.2, -0.15) is 0 Å². The highest BCUT2D eigenvalue weighted by Crippen LogP contribution is 2.19. The number of hydrogen-bond donors (Lipinski definition) is 2. The first-order chi connectivity index (χ1) is 7.63. The number of hydrogen-bond acceptors (Lipinski definition) is 3.